The zero-order chi connectivity index (χ0) is 15.6. The van der Waals surface area contributed by atoms with Gasteiger partial charge in [0.2, 0.25) is 5.82 Å². The summed E-state index contributed by atoms with van der Waals surface area (Å²) in [6, 6.07) is 13.6. The van der Waals surface area contributed by atoms with E-state index >= 15 is 0 Å². The van der Waals surface area contributed by atoms with Crippen molar-refractivity contribution in [3.05, 3.63) is 58.0 Å². The highest BCUT2D eigenvalue weighted by molar-refractivity contribution is 9.10. The first-order valence-corrected chi connectivity index (χ1v) is 8.49. The summed E-state index contributed by atoms with van der Waals surface area (Å²) in [6.07, 6.45) is 0. The fourth-order valence-corrected chi connectivity index (χ4v) is 3.26. The van der Waals surface area contributed by atoms with Crippen molar-refractivity contribution in [2.75, 3.05) is 0 Å². The van der Waals surface area contributed by atoms with E-state index in [1.54, 1.807) is 11.3 Å². The van der Waals surface area contributed by atoms with Gasteiger partial charge in [-0.05, 0) is 28.8 Å². The lowest BCUT2D eigenvalue weighted by Gasteiger charge is -1.97. The van der Waals surface area contributed by atoms with E-state index in [0.717, 1.165) is 26.4 Å². The molecule has 8 heteroatoms. The molecule has 4 aromatic rings. The topological polar surface area (TPSA) is 69.6 Å². The molecule has 0 spiro atoms. The molecule has 0 saturated carbocycles. The van der Waals surface area contributed by atoms with E-state index in [1.165, 1.54) is 4.80 Å². The molecular formula is C15H10BrN5OS. The average molecular weight is 388 g/mol. The molecular weight excluding hydrogens is 378 g/mol. The smallest absolute Gasteiger partial charge is 0.206 e. The summed E-state index contributed by atoms with van der Waals surface area (Å²) in [5.41, 5.74) is 1.66. The third-order valence-corrected chi connectivity index (χ3v) is 4.77. The lowest BCUT2D eigenvalue weighted by atomic mass is 10.2. The second-order valence-electron chi connectivity index (χ2n) is 4.78. The molecule has 0 radical (unpaired) electrons. The molecule has 6 nitrogen and oxygen atoms in total. The lowest BCUT2D eigenvalue weighted by Crippen LogP contribution is -2.04. The summed E-state index contributed by atoms with van der Waals surface area (Å²) >= 11 is 5.10. The molecule has 3 heterocycles. The Morgan fingerprint density at radius 1 is 1.17 bits per heavy atom. The first-order valence-electron chi connectivity index (χ1n) is 6.82. The van der Waals surface area contributed by atoms with Gasteiger partial charge in [0.15, 0.2) is 5.76 Å². The minimum absolute atomic E-state index is 0.409. The molecule has 0 atom stereocenters. The fourth-order valence-electron chi connectivity index (χ4n) is 2.13. The highest BCUT2D eigenvalue weighted by atomic mass is 79.9. The molecule has 23 heavy (non-hydrogen) atoms. The van der Waals surface area contributed by atoms with Crippen LogP contribution in [0.15, 0.2) is 56.8 Å². The predicted octanol–water partition coefficient (Wildman–Crippen LogP) is 3.87. The fraction of sp³-hybridized carbons (Fsp3) is 0.0667. The third kappa shape index (κ3) is 2.95. The van der Waals surface area contributed by atoms with Gasteiger partial charge in [-0.1, -0.05) is 39.3 Å². The van der Waals surface area contributed by atoms with E-state index in [2.05, 4.69) is 36.5 Å². The molecule has 0 saturated heterocycles. The number of hydrogen-bond acceptors (Lipinski definition) is 6. The van der Waals surface area contributed by atoms with Crippen molar-refractivity contribution in [1.82, 2.24) is 25.4 Å². The number of thiophene rings is 1. The Kier molecular flexibility index (Phi) is 3.76. The quantitative estimate of drug-likeness (QED) is 0.531. The molecule has 0 unspecified atom stereocenters. The van der Waals surface area contributed by atoms with Crippen molar-refractivity contribution in [3.8, 4) is 22.0 Å². The Morgan fingerprint density at radius 3 is 2.91 bits per heavy atom. The number of hydrogen-bond donors (Lipinski definition) is 0. The van der Waals surface area contributed by atoms with Crippen LogP contribution >= 0.6 is 27.3 Å². The largest absolute Gasteiger partial charge is 0.355 e. The number of halogens is 1. The predicted molar refractivity (Wildman–Crippen MR) is 89.9 cm³/mol. The zero-order valence-corrected chi connectivity index (χ0v) is 14.2. The lowest BCUT2D eigenvalue weighted by molar-refractivity contribution is 0.416. The van der Waals surface area contributed by atoms with Crippen LogP contribution in [0.25, 0.3) is 22.0 Å². The van der Waals surface area contributed by atoms with Crippen LogP contribution < -0.4 is 0 Å². The van der Waals surface area contributed by atoms with Crippen molar-refractivity contribution in [2.45, 2.75) is 6.54 Å². The standard InChI is InChI=1S/C15H10BrN5OS/c16-12-5-2-1-4-11(12)15-17-20-21(18-15)9-10-8-13(22-19-10)14-6-3-7-23-14/h1-8H,9H2. The molecule has 0 bridgehead atoms. The average Bonchev–Trinajstić information content (AvgIpc) is 3.29. The van der Waals surface area contributed by atoms with Gasteiger partial charge in [-0.25, -0.2) is 0 Å². The normalized spacial score (nSPS) is 11.0. The van der Waals surface area contributed by atoms with Crippen molar-refractivity contribution in [1.29, 1.82) is 0 Å². The molecule has 114 valence electrons. The Hall–Kier alpha value is -2.32. The van der Waals surface area contributed by atoms with Crippen LogP contribution in [-0.4, -0.2) is 25.4 Å². The van der Waals surface area contributed by atoms with Gasteiger partial charge in [-0.2, -0.15) is 4.80 Å². The van der Waals surface area contributed by atoms with Gasteiger partial charge < -0.3 is 4.52 Å². The highest BCUT2D eigenvalue weighted by Gasteiger charge is 2.12. The van der Waals surface area contributed by atoms with Gasteiger partial charge in [0, 0.05) is 16.1 Å². The maximum Gasteiger partial charge on any atom is 0.206 e. The number of tetrazole rings is 1. The summed E-state index contributed by atoms with van der Waals surface area (Å²) in [4.78, 5) is 2.55. The number of aromatic nitrogens is 5. The number of nitrogens with zero attached hydrogens (tertiary/aromatic N) is 5. The van der Waals surface area contributed by atoms with Crippen LogP contribution in [0.2, 0.25) is 0 Å². The molecule has 0 aliphatic rings. The van der Waals surface area contributed by atoms with E-state index in [4.69, 9.17) is 4.52 Å². The molecule has 3 aromatic heterocycles. The second kappa shape index (κ2) is 6.05. The van der Waals surface area contributed by atoms with Crippen molar-refractivity contribution < 1.29 is 4.52 Å². The summed E-state index contributed by atoms with van der Waals surface area (Å²) in [5, 5.41) is 18.6. The summed E-state index contributed by atoms with van der Waals surface area (Å²) in [6.45, 7) is 0.409. The molecule has 1 aromatic carbocycles. The van der Waals surface area contributed by atoms with Gasteiger partial charge in [0.05, 0.1) is 4.88 Å². The van der Waals surface area contributed by atoms with E-state index in [-0.39, 0.29) is 0 Å². The third-order valence-electron chi connectivity index (χ3n) is 3.19. The Balaban J connectivity index is 1.55. The Morgan fingerprint density at radius 2 is 2.09 bits per heavy atom. The molecule has 0 aliphatic heterocycles. The summed E-state index contributed by atoms with van der Waals surface area (Å²) < 4.78 is 6.29. The van der Waals surface area contributed by atoms with E-state index < -0.39 is 0 Å². The number of rotatable bonds is 4. The minimum Gasteiger partial charge on any atom is -0.355 e. The first-order chi connectivity index (χ1) is 11.3. The molecule has 0 N–H and O–H groups in total. The molecule has 0 amide bonds. The first kappa shape index (κ1) is 14.3. The van der Waals surface area contributed by atoms with Crippen LogP contribution in [0.1, 0.15) is 5.69 Å². The SMILES string of the molecule is Brc1ccccc1-c1nnn(Cc2cc(-c3cccs3)on2)n1. The van der Waals surface area contributed by atoms with Crippen molar-refractivity contribution >= 4 is 27.3 Å². The minimum atomic E-state index is 0.409. The van der Waals surface area contributed by atoms with Crippen LogP contribution in [0.4, 0.5) is 0 Å². The van der Waals surface area contributed by atoms with E-state index in [0.29, 0.717) is 12.4 Å². The van der Waals surface area contributed by atoms with Gasteiger partial charge in [-0.15, -0.1) is 21.5 Å². The van der Waals surface area contributed by atoms with Crippen molar-refractivity contribution in [2.24, 2.45) is 0 Å². The van der Waals surface area contributed by atoms with Gasteiger partial charge in [0.1, 0.15) is 12.2 Å². The van der Waals surface area contributed by atoms with Gasteiger partial charge in [-0.3, -0.25) is 0 Å². The maximum absolute atomic E-state index is 5.36. The molecule has 0 aliphatic carbocycles. The van der Waals surface area contributed by atoms with Gasteiger partial charge in [0.25, 0.3) is 0 Å². The monoisotopic (exact) mass is 387 g/mol. The maximum atomic E-state index is 5.36. The highest BCUT2D eigenvalue weighted by Crippen LogP contribution is 2.26. The summed E-state index contributed by atoms with van der Waals surface area (Å²) in [5.74, 6) is 1.32. The van der Waals surface area contributed by atoms with Crippen molar-refractivity contribution in [3.63, 3.8) is 0 Å². The molecule has 4 rings (SSSR count). The van der Waals surface area contributed by atoms with Gasteiger partial charge >= 0.3 is 0 Å². The van der Waals surface area contributed by atoms with E-state index in [1.807, 2.05) is 47.8 Å². The van der Waals surface area contributed by atoms with Crippen LogP contribution in [0.3, 0.4) is 0 Å². The molecule has 0 fully saturated rings. The van der Waals surface area contributed by atoms with Crippen LogP contribution in [0.5, 0.6) is 0 Å². The second-order valence-corrected chi connectivity index (χ2v) is 6.59. The van der Waals surface area contributed by atoms with E-state index in [9.17, 15) is 0 Å². The number of benzene rings is 1. The summed E-state index contributed by atoms with van der Waals surface area (Å²) in [7, 11) is 0. The van der Waals surface area contributed by atoms with Crippen LogP contribution in [0, 0.1) is 0 Å². The Bertz CT molecular complexity index is 931. The zero-order valence-electron chi connectivity index (χ0n) is 11.8. The van der Waals surface area contributed by atoms with Crippen LogP contribution in [-0.2, 0) is 6.54 Å². The Labute approximate surface area is 143 Å².